The van der Waals surface area contributed by atoms with Gasteiger partial charge >= 0.3 is 0 Å². The van der Waals surface area contributed by atoms with Crippen LogP contribution in [0, 0.1) is 5.92 Å². The summed E-state index contributed by atoms with van der Waals surface area (Å²) >= 11 is 0. The van der Waals surface area contributed by atoms with Gasteiger partial charge in [-0.2, -0.15) is 0 Å². The monoisotopic (exact) mass is 245 g/mol. The lowest BCUT2D eigenvalue weighted by atomic mass is 9.75. The van der Waals surface area contributed by atoms with E-state index in [2.05, 4.69) is 50.4 Å². The smallest absolute Gasteiger partial charge is 0.0161 e. The Kier molecular flexibility index (Phi) is 4.82. The molecule has 2 rings (SSSR count). The zero-order valence-electron chi connectivity index (χ0n) is 12.1. The van der Waals surface area contributed by atoms with Crippen LogP contribution in [-0.2, 0) is 6.42 Å². The van der Waals surface area contributed by atoms with Crippen molar-refractivity contribution < 1.29 is 0 Å². The van der Waals surface area contributed by atoms with Gasteiger partial charge in [0.25, 0.3) is 0 Å². The molecule has 1 aliphatic rings. The van der Waals surface area contributed by atoms with Crippen LogP contribution in [0.1, 0.15) is 57.1 Å². The molecule has 0 aromatic heterocycles. The van der Waals surface area contributed by atoms with Crippen LogP contribution < -0.4 is 5.32 Å². The first kappa shape index (κ1) is 13.6. The lowest BCUT2D eigenvalue weighted by molar-refractivity contribution is 0.300. The van der Waals surface area contributed by atoms with Gasteiger partial charge in [-0.1, -0.05) is 51.5 Å². The van der Waals surface area contributed by atoms with Crippen molar-refractivity contribution >= 4 is 0 Å². The second kappa shape index (κ2) is 6.38. The Labute approximate surface area is 112 Å². The van der Waals surface area contributed by atoms with E-state index in [1.165, 1.54) is 25.7 Å². The minimum absolute atomic E-state index is 0.640. The quantitative estimate of drug-likeness (QED) is 0.822. The summed E-state index contributed by atoms with van der Waals surface area (Å²) in [6, 6.07) is 9.71. The van der Waals surface area contributed by atoms with Gasteiger partial charge in [-0.3, -0.25) is 0 Å². The predicted molar refractivity (Wildman–Crippen MR) is 79.0 cm³/mol. The van der Waals surface area contributed by atoms with Crippen LogP contribution in [0.15, 0.2) is 24.3 Å². The zero-order chi connectivity index (χ0) is 13.0. The fraction of sp³-hybridized carbons (Fsp3) is 0.647. The Morgan fingerprint density at radius 2 is 2.06 bits per heavy atom. The second-order valence-corrected chi connectivity index (χ2v) is 5.67. The standard InChI is InChI=1S/C17H27N/c1-4-13(3)17(18-5-2)16-12-8-10-14-9-6-7-11-15(14)16/h6-7,9,11,13,16-18H,4-5,8,10,12H2,1-3H3. The van der Waals surface area contributed by atoms with Gasteiger partial charge in [-0.15, -0.1) is 0 Å². The van der Waals surface area contributed by atoms with Crippen molar-refractivity contribution in [2.24, 2.45) is 5.92 Å². The van der Waals surface area contributed by atoms with Gasteiger partial charge in [-0.05, 0) is 48.8 Å². The molecule has 0 heterocycles. The maximum absolute atomic E-state index is 3.74. The Morgan fingerprint density at radius 3 is 2.78 bits per heavy atom. The molecule has 0 saturated heterocycles. The summed E-state index contributed by atoms with van der Waals surface area (Å²) in [6.07, 6.45) is 5.22. The molecule has 0 saturated carbocycles. The second-order valence-electron chi connectivity index (χ2n) is 5.67. The fourth-order valence-corrected chi connectivity index (χ4v) is 3.39. The topological polar surface area (TPSA) is 12.0 Å². The lowest BCUT2D eigenvalue weighted by Gasteiger charge is -2.36. The summed E-state index contributed by atoms with van der Waals surface area (Å²) in [4.78, 5) is 0. The van der Waals surface area contributed by atoms with Crippen LogP contribution in [0.4, 0.5) is 0 Å². The summed E-state index contributed by atoms with van der Waals surface area (Å²) in [5.74, 6) is 1.46. The summed E-state index contributed by atoms with van der Waals surface area (Å²) in [5, 5.41) is 3.74. The van der Waals surface area contributed by atoms with Crippen molar-refractivity contribution in [3.05, 3.63) is 35.4 Å². The largest absolute Gasteiger partial charge is 0.313 e. The molecule has 0 aliphatic heterocycles. The molecule has 0 amide bonds. The molecule has 0 bridgehead atoms. The normalized spacial score (nSPS) is 22.3. The van der Waals surface area contributed by atoms with Gasteiger partial charge in [-0.25, -0.2) is 0 Å². The highest BCUT2D eigenvalue weighted by Gasteiger charge is 2.29. The highest BCUT2D eigenvalue weighted by atomic mass is 14.9. The van der Waals surface area contributed by atoms with Crippen molar-refractivity contribution in [3.8, 4) is 0 Å². The first-order valence-corrected chi connectivity index (χ1v) is 7.59. The molecule has 3 unspecified atom stereocenters. The van der Waals surface area contributed by atoms with E-state index >= 15 is 0 Å². The predicted octanol–water partition coefficient (Wildman–Crippen LogP) is 4.13. The molecule has 3 atom stereocenters. The number of hydrogen-bond donors (Lipinski definition) is 1. The molecule has 18 heavy (non-hydrogen) atoms. The third-order valence-electron chi connectivity index (χ3n) is 4.55. The summed E-state index contributed by atoms with van der Waals surface area (Å²) in [6.45, 7) is 8.01. The Hall–Kier alpha value is -0.820. The molecule has 1 aromatic rings. The van der Waals surface area contributed by atoms with Crippen LogP contribution >= 0.6 is 0 Å². The van der Waals surface area contributed by atoms with Crippen LogP contribution in [0.2, 0.25) is 0 Å². The first-order chi connectivity index (χ1) is 8.77. The van der Waals surface area contributed by atoms with E-state index in [-0.39, 0.29) is 0 Å². The fourth-order valence-electron chi connectivity index (χ4n) is 3.39. The van der Waals surface area contributed by atoms with E-state index in [0.29, 0.717) is 12.0 Å². The van der Waals surface area contributed by atoms with E-state index in [1.54, 1.807) is 11.1 Å². The van der Waals surface area contributed by atoms with Crippen LogP contribution in [-0.4, -0.2) is 12.6 Å². The Bertz CT molecular complexity index is 372. The Balaban J connectivity index is 2.26. The average Bonchev–Trinajstić information content (AvgIpc) is 2.43. The van der Waals surface area contributed by atoms with Crippen LogP contribution in [0.5, 0.6) is 0 Å². The molecular weight excluding hydrogens is 218 g/mol. The van der Waals surface area contributed by atoms with Crippen molar-refractivity contribution in [3.63, 3.8) is 0 Å². The number of hydrogen-bond acceptors (Lipinski definition) is 1. The van der Waals surface area contributed by atoms with Crippen molar-refractivity contribution in [1.29, 1.82) is 0 Å². The van der Waals surface area contributed by atoms with Crippen LogP contribution in [0.3, 0.4) is 0 Å². The summed E-state index contributed by atoms with van der Waals surface area (Å²) < 4.78 is 0. The summed E-state index contributed by atoms with van der Waals surface area (Å²) in [7, 11) is 0. The number of nitrogens with one attached hydrogen (secondary N) is 1. The molecule has 0 radical (unpaired) electrons. The van der Waals surface area contributed by atoms with Gasteiger partial charge in [0, 0.05) is 6.04 Å². The minimum Gasteiger partial charge on any atom is -0.313 e. The van der Waals surface area contributed by atoms with E-state index in [4.69, 9.17) is 0 Å². The summed E-state index contributed by atoms with van der Waals surface area (Å²) in [5.41, 5.74) is 3.19. The Morgan fingerprint density at radius 1 is 1.28 bits per heavy atom. The molecule has 1 aromatic carbocycles. The number of fused-ring (bicyclic) bond motifs is 1. The van der Waals surface area contributed by atoms with Gasteiger partial charge in [0.05, 0.1) is 0 Å². The molecule has 0 fully saturated rings. The molecular formula is C17H27N. The first-order valence-electron chi connectivity index (χ1n) is 7.59. The molecule has 1 aliphatic carbocycles. The molecule has 1 heteroatoms. The SMILES string of the molecule is CCNC(C(C)CC)C1CCCc2ccccc21. The third-order valence-corrected chi connectivity index (χ3v) is 4.55. The van der Waals surface area contributed by atoms with Crippen LogP contribution in [0.25, 0.3) is 0 Å². The van der Waals surface area contributed by atoms with Gasteiger partial charge in [0.2, 0.25) is 0 Å². The molecule has 100 valence electrons. The lowest BCUT2D eigenvalue weighted by Crippen LogP contribution is -2.41. The third kappa shape index (κ3) is 2.77. The van der Waals surface area contributed by atoms with E-state index in [0.717, 1.165) is 12.5 Å². The zero-order valence-corrected chi connectivity index (χ0v) is 12.1. The van der Waals surface area contributed by atoms with Gasteiger partial charge < -0.3 is 5.32 Å². The van der Waals surface area contributed by atoms with Crippen molar-refractivity contribution in [2.45, 2.75) is 58.4 Å². The average molecular weight is 245 g/mol. The number of likely N-dealkylation sites (N-methyl/N-ethyl adjacent to an activating group) is 1. The van der Waals surface area contributed by atoms with Gasteiger partial charge in [0.15, 0.2) is 0 Å². The van der Waals surface area contributed by atoms with E-state index in [9.17, 15) is 0 Å². The minimum atomic E-state index is 0.640. The highest BCUT2D eigenvalue weighted by molar-refractivity contribution is 5.33. The number of rotatable bonds is 5. The molecule has 0 spiro atoms. The van der Waals surface area contributed by atoms with Gasteiger partial charge in [0.1, 0.15) is 0 Å². The molecule has 1 N–H and O–H groups in total. The maximum Gasteiger partial charge on any atom is 0.0161 e. The molecule has 1 nitrogen and oxygen atoms in total. The van der Waals surface area contributed by atoms with Crippen molar-refractivity contribution in [1.82, 2.24) is 5.32 Å². The number of aryl methyl sites for hydroxylation is 1. The van der Waals surface area contributed by atoms with Crippen molar-refractivity contribution in [2.75, 3.05) is 6.54 Å². The maximum atomic E-state index is 3.74. The number of benzene rings is 1. The van der Waals surface area contributed by atoms with E-state index < -0.39 is 0 Å². The highest BCUT2D eigenvalue weighted by Crippen LogP contribution is 2.36. The van der Waals surface area contributed by atoms with E-state index in [1.807, 2.05) is 0 Å².